The number of rotatable bonds is 11. The molecule has 79 heavy (non-hydrogen) atoms. The first kappa shape index (κ1) is 43.6. The molecule has 10 aromatic carbocycles. The number of fused-ring (bicyclic) bond motifs is 1. The van der Waals surface area contributed by atoms with Gasteiger partial charge in [0.1, 0.15) is 0 Å². The topological polar surface area (TPSA) is 38.7 Å². The van der Waals surface area contributed by atoms with Crippen molar-refractivity contribution in [3.8, 4) is 123 Å². The molecule has 0 saturated heterocycles. The first-order valence-corrected chi connectivity index (χ1v) is 25.9. The Labute approximate surface area is 484 Å². The molecule has 0 aliphatic rings. The second-order valence-electron chi connectivity index (χ2n) is 19.2. The van der Waals surface area contributed by atoms with Crippen LogP contribution in [0.2, 0.25) is 0 Å². The molecule has 0 N–H and O–H groups in total. The smallest absolute Gasteiger partial charge is 0.304 e. The number of aromatic nitrogens is 3. The second kappa shape index (κ2) is 22.3. The van der Waals surface area contributed by atoms with E-state index in [0.717, 1.165) is 83.2 Å². The van der Waals surface area contributed by atoms with Gasteiger partial charge < -0.3 is 15.0 Å². The predicted octanol–water partition coefficient (Wildman–Crippen LogP) is 19.4. The maximum absolute atomic E-state index is 8.86. The van der Waals surface area contributed by atoms with Crippen molar-refractivity contribution in [2.75, 3.05) is 0 Å². The molecule has 0 amide bonds. The monoisotopic (exact) mass is 1190 g/mol. The molecule has 3 aromatic heterocycles. The first-order valence-electron chi connectivity index (χ1n) is 28.9. The minimum Gasteiger partial charge on any atom is -0.304 e. The molecule has 3 heterocycles. The first-order chi connectivity index (χ1) is 40.9. The van der Waals surface area contributed by atoms with Gasteiger partial charge in [0.25, 0.3) is 0 Å². The average Bonchev–Trinajstić information content (AvgIpc) is 3.61. The standard InChI is InChI=1S/C75H50N3.Ir/c1-50-41-73(55-23-8-4-9-24-55)76-47-70(50)65-32-15-12-29-62(65)59-44-60(63-30-13-16-33-66(63)71-48-77-74(42-51(71)2)56-25-10-5-11-26-56)46-61(45-59)64-31-14-17-34-67(64)72-49-78-75(69-36-19-18-35-68(69)72)58-28-20-27-57(43-58)54-39-37-53(38-40-54)52-21-6-3-7-22-52;/h3-23,25,27,29-49H,1-2H3;/q-3;+3/i1D3,2D3;. The van der Waals surface area contributed by atoms with E-state index in [1.54, 1.807) is 36.7 Å². The molecule has 0 spiro atoms. The van der Waals surface area contributed by atoms with Crippen molar-refractivity contribution in [1.82, 2.24) is 15.0 Å². The summed E-state index contributed by atoms with van der Waals surface area (Å²) in [6, 6.07) is 91.9. The Morgan fingerprint density at radius 2 is 0.709 bits per heavy atom. The fraction of sp³-hybridized carbons (Fsp3) is 0.0267. The molecule has 0 radical (unpaired) electrons. The van der Waals surface area contributed by atoms with E-state index in [2.05, 4.69) is 127 Å². The largest absolute Gasteiger partial charge is 3.00 e. The summed E-state index contributed by atoms with van der Waals surface area (Å²) in [6.45, 7) is -4.99. The van der Waals surface area contributed by atoms with E-state index in [1.165, 1.54) is 5.56 Å². The fourth-order valence-corrected chi connectivity index (χ4v) is 10.6. The summed E-state index contributed by atoms with van der Waals surface area (Å²) in [5.41, 5.74) is 18.0. The van der Waals surface area contributed by atoms with Gasteiger partial charge in [0.15, 0.2) is 0 Å². The Morgan fingerprint density at radius 1 is 0.291 bits per heavy atom. The maximum Gasteiger partial charge on any atom is 3.00 e. The van der Waals surface area contributed by atoms with Gasteiger partial charge in [-0.15, -0.1) is 107 Å². The summed E-state index contributed by atoms with van der Waals surface area (Å²) in [5, 5.41) is 1.98. The Kier molecular flexibility index (Phi) is 12.3. The number of aryl methyl sites for hydroxylation is 2. The molecule has 4 heteroatoms. The third-order valence-electron chi connectivity index (χ3n) is 14.5. The fourth-order valence-electron chi connectivity index (χ4n) is 10.6. The number of hydrogen-bond donors (Lipinski definition) is 0. The van der Waals surface area contributed by atoms with Crippen LogP contribution < -0.4 is 0 Å². The molecule has 13 aromatic rings. The Bertz CT molecular complexity index is 4400. The van der Waals surface area contributed by atoms with Crippen molar-refractivity contribution in [1.29, 1.82) is 0 Å². The van der Waals surface area contributed by atoms with Crippen molar-refractivity contribution in [3.05, 3.63) is 297 Å². The van der Waals surface area contributed by atoms with Gasteiger partial charge in [0.2, 0.25) is 0 Å². The van der Waals surface area contributed by atoms with Crippen molar-refractivity contribution >= 4 is 10.8 Å². The number of hydrogen-bond acceptors (Lipinski definition) is 3. The minimum atomic E-state index is -2.50. The number of pyridine rings is 3. The van der Waals surface area contributed by atoms with Crippen LogP contribution in [0.25, 0.3) is 134 Å². The molecular weight excluding hydrogens is 1140 g/mol. The summed E-state index contributed by atoms with van der Waals surface area (Å²) < 4.78 is 53.2. The van der Waals surface area contributed by atoms with E-state index in [4.69, 9.17) is 23.2 Å². The molecule has 0 bridgehead atoms. The summed E-state index contributed by atoms with van der Waals surface area (Å²) in [6.07, 6.45) is 5.28. The van der Waals surface area contributed by atoms with Crippen LogP contribution >= 0.6 is 0 Å². The van der Waals surface area contributed by atoms with Crippen molar-refractivity contribution in [2.24, 2.45) is 0 Å². The molecular formula is C75H50IrN3. The van der Waals surface area contributed by atoms with Gasteiger partial charge in [-0.25, -0.2) is 0 Å². The molecule has 374 valence electrons. The molecule has 0 saturated carbocycles. The van der Waals surface area contributed by atoms with Crippen LogP contribution in [0.15, 0.2) is 267 Å². The third-order valence-corrected chi connectivity index (χ3v) is 14.5. The zero-order valence-corrected chi connectivity index (χ0v) is 45.0. The van der Waals surface area contributed by atoms with Crippen LogP contribution in [0, 0.1) is 31.9 Å². The van der Waals surface area contributed by atoms with E-state index in [-0.39, 0.29) is 31.2 Å². The average molecular weight is 1190 g/mol. The van der Waals surface area contributed by atoms with Gasteiger partial charge >= 0.3 is 20.1 Å². The molecule has 3 nitrogen and oxygen atoms in total. The quantitative estimate of drug-likeness (QED) is 0.121. The summed E-state index contributed by atoms with van der Waals surface area (Å²) in [4.78, 5) is 15.0. The number of benzene rings is 10. The van der Waals surface area contributed by atoms with Gasteiger partial charge in [-0.2, -0.15) is 0 Å². The van der Waals surface area contributed by atoms with Gasteiger partial charge in [0, 0.05) is 43.5 Å². The van der Waals surface area contributed by atoms with Crippen molar-refractivity contribution in [3.63, 3.8) is 0 Å². The molecule has 0 unspecified atom stereocenters. The van der Waals surface area contributed by atoms with E-state index >= 15 is 0 Å². The predicted molar refractivity (Wildman–Crippen MR) is 323 cm³/mol. The number of nitrogens with zero attached hydrogens (tertiary/aromatic N) is 3. The van der Waals surface area contributed by atoms with E-state index in [0.29, 0.717) is 44.8 Å². The SMILES string of the molecule is [2H]C([2H])([2H])c1cc(-c2[c-]cccc2)ncc1-c1ccccc1-c1cc(-c2ccccc2-c2cnc(-c3[c-]cccc3)cc2C([2H])([2H])[2H])cc(-c2ccccc2-c2cnc(-c3[c-]ccc(-c4ccc(-c5ccccc5)cc4)c3)c3ccccc23)c1.[Ir+3]. The normalized spacial score (nSPS) is 12.5. The van der Waals surface area contributed by atoms with Gasteiger partial charge in [0.05, 0.1) is 0 Å². The van der Waals surface area contributed by atoms with E-state index < -0.39 is 13.7 Å². The molecule has 0 aliphatic heterocycles. The van der Waals surface area contributed by atoms with Crippen LogP contribution in [-0.4, -0.2) is 15.0 Å². The zero-order valence-electron chi connectivity index (χ0n) is 48.6. The Morgan fingerprint density at radius 3 is 1.22 bits per heavy atom. The summed E-state index contributed by atoms with van der Waals surface area (Å²) in [7, 11) is 0. The maximum atomic E-state index is 8.86. The summed E-state index contributed by atoms with van der Waals surface area (Å²) in [5.74, 6) is 0. The van der Waals surface area contributed by atoms with Gasteiger partial charge in [-0.1, -0.05) is 164 Å². The van der Waals surface area contributed by atoms with Gasteiger partial charge in [-0.3, -0.25) is 0 Å². The van der Waals surface area contributed by atoms with Crippen LogP contribution in [0.4, 0.5) is 0 Å². The second-order valence-corrected chi connectivity index (χ2v) is 19.2. The zero-order chi connectivity index (χ0) is 57.4. The molecule has 13 rings (SSSR count). The van der Waals surface area contributed by atoms with Crippen LogP contribution in [0.3, 0.4) is 0 Å². The molecule has 0 aliphatic carbocycles. The van der Waals surface area contributed by atoms with Crippen LogP contribution in [-0.2, 0) is 20.1 Å². The van der Waals surface area contributed by atoms with Gasteiger partial charge in [-0.05, 0) is 138 Å². The van der Waals surface area contributed by atoms with Crippen LogP contribution in [0.1, 0.15) is 19.4 Å². The van der Waals surface area contributed by atoms with E-state index in [9.17, 15) is 0 Å². The Hall–Kier alpha value is -9.44. The van der Waals surface area contributed by atoms with Crippen LogP contribution in [0.5, 0.6) is 0 Å². The summed E-state index contributed by atoms with van der Waals surface area (Å²) >= 11 is 0. The van der Waals surface area contributed by atoms with E-state index in [1.807, 2.05) is 121 Å². The minimum absolute atomic E-state index is 0. The molecule has 0 fully saturated rings. The van der Waals surface area contributed by atoms with Crippen molar-refractivity contribution in [2.45, 2.75) is 13.7 Å². The molecule has 0 atom stereocenters. The van der Waals surface area contributed by atoms with Crippen molar-refractivity contribution < 1.29 is 28.3 Å². The Balaban J connectivity index is 0.00000709. The third kappa shape index (κ3) is 10.1.